The Balaban J connectivity index is 0.000000169. The molecule has 1 aromatic rings. The second kappa shape index (κ2) is 7.34. The zero-order valence-electron chi connectivity index (χ0n) is 10.8. The third-order valence-corrected chi connectivity index (χ3v) is 2.96. The van der Waals surface area contributed by atoms with Crippen molar-refractivity contribution < 1.29 is 9.84 Å². The van der Waals surface area contributed by atoms with Crippen molar-refractivity contribution in [3.8, 4) is 5.88 Å². The van der Waals surface area contributed by atoms with E-state index in [1.807, 2.05) is 12.1 Å². The molecule has 1 aliphatic heterocycles. The van der Waals surface area contributed by atoms with E-state index in [0.29, 0.717) is 17.7 Å². The number of pyridine rings is 1. The first-order valence-electron chi connectivity index (χ1n) is 6.82. The quantitative estimate of drug-likeness (QED) is 0.860. The highest BCUT2D eigenvalue weighted by atomic mass is 16.5. The minimum atomic E-state index is -0.0259. The second-order valence-electron chi connectivity index (χ2n) is 4.75. The Hall–Kier alpha value is -1.13. The molecule has 2 N–H and O–H groups in total. The molecule has 1 saturated carbocycles. The van der Waals surface area contributed by atoms with E-state index in [1.165, 1.54) is 32.4 Å². The molecule has 100 valence electrons. The van der Waals surface area contributed by atoms with Crippen molar-refractivity contribution in [1.29, 1.82) is 0 Å². The van der Waals surface area contributed by atoms with Gasteiger partial charge in [0.05, 0.1) is 12.3 Å². The summed E-state index contributed by atoms with van der Waals surface area (Å²) >= 11 is 0. The van der Waals surface area contributed by atoms with Crippen molar-refractivity contribution in [2.24, 2.45) is 0 Å². The summed E-state index contributed by atoms with van der Waals surface area (Å²) in [6, 6.07) is 5.44. The fourth-order valence-corrected chi connectivity index (χ4v) is 1.77. The van der Waals surface area contributed by atoms with Crippen LogP contribution in [0.4, 0.5) is 0 Å². The highest BCUT2D eigenvalue weighted by Crippen LogP contribution is 2.25. The van der Waals surface area contributed by atoms with Crippen LogP contribution in [0.15, 0.2) is 18.2 Å². The summed E-state index contributed by atoms with van der Waals surface area (Å²) in [5, 5.41) is 12.1. The first-order valence-corrected chi connectivity index (χ1v) is 6.82. The van der Waals surface area contributed by atoms with Crippen molar-refractivity contribution in [2.75, 3.05) is 13.1 Å². The van der Waals surface area contributed by atoms with Gasteiger partial charge in [0.1, 0.15) is 6.10 Å². The Labute approximate surface area is 108 Å². The summed E-state index contributed by atoms with van der Waals surface area (Å²) in [6.45, 7) is 2.47. The summed E-state index contributed by atoms with van der Waals surface area (Å²) in [7, 11) is 0. The Bertz CT molecular complexity index is 338. The van der Waals surface area contributed by atoms with Crippen LogP contribution in [0, 0.1) is 0 Å². The Morgan fingerprint density at radius 3 is 2.50 bits per heavy atom. The summed E-state index contributed by atoms with van der Waals surface area (Å²) in [4.78, 5) is 4.10. The number of aliphatic hydroxyl groups is 1. The number of aromatic nitrogens is 1. The number of nitrogens with one attached hydrogen (secondary N) is 1. The van der Waals surface area contributed by atoms with Gasteiger partial charge in [0.2, 0.25) is 5.88 Å². The molecule has 18 heavy (non-hydrogen) atoms. The van der Waals surface area contributed by atoms with E-state index in [1.54, 1.807) is 6.07 Å². The fraction of sp³-hybridized carbons (Fsp3) is 0.643. The maximum absolute atomic E-state index is 8.79. The van der Waals surface area contributed by atoms with Crippen LogP contribution < -0.4 is 10.1 Å². The molecule has 0 spiro atoms. The number of rotatable bonds is 3. The standard InChI is InChI=1S/C9H11NO2.C5H11N/c11-6-7-2-1-3-9(10-7)12-8-4-5-8;1-2-4-6-5-3-1/h1-3,8,11H,4-6H2;6H,1-5H2. The Kier molecular flexibility index (Phi) is 5.42. The zero-order chi connectivity index (χ0) is 12.6. The zero-order valence-corrected chi connectivity index (χ0v) is 10.8. The normalized spacial score (nSPS) is 18.7. The van der Waals surface area contributed by atoms with Crippen LogP contribution in [0.1, 0.15) is 37.8 Å². The molecule has 4 heteroatoms. The molecule has 3 rings (SSSR count). The average molecular weight is 250 g/mol. The second-order valence-corrected chi connectivity index (χ2v) is 4.75. The topological polar surface area (TPSA) is 54.4 Å². The molecular weight excluding hydrogens is 228 g/mol. The summed E-state index contributed by atoms with van der Waals surface area (Å²) in [5.41, 5.74) is 0.660. The van der Waals surface area contributed by atoms with Gasteiger partial charge in [-0.2, -0.15) is 0 Å². The average Bonchev–Trinajstić information content (AvgIpc) is 3.26. The highest BCUT2D eigenvalue weighted by molar-refractivity contribution is 5.16. The van der Waals surface area contributed by atoms with Crippen LogP contribution in [0.5, 0.6) is 5.88 Å². The highest BCUT2D eigenvalue weighted by Gasteiger charge is 2.23. The van der Waals surface area contributed by atoms with Crippen molar-refractivity contribution in [3.63, 3.8) is 0 Å². The van der Waals surface area contributed by atoms with Crippen molar-refractivity contribution in [3.05, 3.63) is 23.9 Å². The van der Waals surface area contributed by atoms with E-state index in [4.69, 9.17) is 9.84 Å². The van der Waals surface area contributed by atoms with Crippen LogP contribution in [-0.4, -0.2) is 29.3 Å². The molecule has 0 bridgehead atoms. The number of hydrogen-bond donors (Lipinski definition) is 2. The summed E-state index contributed by atoms with van der Waals surface area (Å²) < 4.78 is 5.45. The van der Waals surface area contributed by atoms with E-state index in [9.17, 15) is 0 Å². The Morgan fingerprint density at radius 2 is 2.00 bits per heavy atom. The molecule has 0 unspecified atom stereocenters. The number of aliphatic hydroxyl groups excluding tert-OH is 1. The van der Waals surface area contributed by atoms with Crippen molar-refractivity contribution >= 4 is 0 Å². The predicted octanol–water partition coefficient (Wildman–Crippen LogP) is 1.87. The largest absolute Gasteiger partial charge is 0.474 e. The summed E-state index contributed by atoms with van der Waals surface area (Å²) in [6.07, 6.45) is 6.84. The number of ether oxygens (including phenoxy) is 1. The van der Waals surface area contributed by atoms with Gasteiger partial charge >= 0.3 is 0 Å². The van der Waals surface area contributed by atoms with Crippen LogP contribution in [0.2, 0.25) is 0 Å². The van der Waals surface area contributed by atoms with Crippen molar-refractivity contribution in [2.45, 2.75) is 44.8 Å². The van der Waals surface area contributed by atoms with Gasteiger partial charge < -0.3 is 15.2 Å². The minimum Gasteiger partial charge on any atom is -0.474 e. The van der Waals surface area contributed by atoms with Crippen LogP contribution in [-0.2, 0) is 6.61 Å². The van der Waals surface area contributed by atoms with E-state index in [0.717, 1.165) is 12.8 Å². The molecule has 2 heterocycles. The molecular formula is C14H22N2O2. The molecule has 0 aromatic carbocycles. The molecule has 1 aromatic heterocycles. The Morgan fingerprint density at radius 1 is 1.22 bits per heavy atom. The third-order valence-electron chi connectivity index (χ3n) is 2.96. The lowest BCUT2D eigenvalue weighted by Crippen LogP contribution is -2.21. The maximum Gasteiger partial charge on any atom is 0.213 e. The molecule has 2 fully saturated rings. The van der Waals surface area contributed by atoms with Gasteiger partial charge in [-0.15, -0.1) is 0 Å². The van der Waals surface area contributed by atoms with Gasteiger partial charge in [0.25, 0.3) is 0 Å². The number of hydrogen-bond acceptors (Lipinski definition) is 4. The smallest absolute Gasteiger partial charge is 0.213 e. The van der Waals surface area contributed by atoms with E-state index < -0.39 is 0 Å². The predicted molar refractivity (Wildman–Crippen MR) is 70.5 cm³/mol. The van der Waals surface area contributed by atoms with E-state index >= 15 is 0 Å². The third kappa shape index (κ3) is 5.02. The lowest BCUT2D eigenvalue weighted by molar-refractivity contribution is 0.265. The minimum absolute atomic E-state index is 0.0259. The molecule has 0 atom stereocenters. The maximum atomic E-state index is 8.79. The van der Waals surface area contributed by atoms with Gasteiger partial charge in [-0.1, -0.05) is 12.5 Å². The number of piperidine rings is 1. The van der Waals surface area contributed by atoms with Gasteiger partial charge in [-0.3, -0.25) is 0 Å². The van der Waals surface area contributed by atoms with Gasteiger partial charge in [0.15, 0.2) is 0 Å². The van der Waals surface area contributed by atoms with Crippen LogP contribution in [0.25, 0.3) is 0 Å². The van der Waals surface area contributed by atoms with Crippen molar-refractivity contribution in [1.82, 2.24) is 10.3 Å². The first kappa shape index (κ1) is 13.3. The molecule has 1 aliphatic carbocycles. The lowest BCUT2D eigenvalue weighted by atomic mass is 10.2. The SMILES string of the molecule is C1CCNCC1.OCc1cccc(OC2CC2)n1. The molecule has 4 nitrogen and oxygen atoms in total. The molecule has 1 saturated heterocycles. The molecule has 0 radical (unpaired) electrons. The van der Waals surface area contributed by atoms with Gasteiger partial charge in [-0.25, -0.2) is 4.98 Å². The molecule has 2 aliphatic rings. The van der Waals surface area contributed by atoms with Gasteiger partial charge in [-0.05, 0) is 44.8 Å². The van der Waals surface area contributed by atoms with Gasteiger partial charge in [0, 0.05) is 6.07 Å². The fourth-order valence-electron chi connectivity index (χ4n) is 1.77. The van der Waals surface area contributed by atoms with E-state index in [2.05, 4.69) is 10.3 Å². The van der Waals surface area contributed by atoms with E-state index in [-0.39, 0.29) is 6.61 Å². The number of nitrogens with zero attached hydrogens (tertiary/aromatic N) is 1. The van der Waals surface area contributed by atoms with Crippen LogP contribution in [0.3, 0.4) is 0 Å². The monoisotopic (exact) mass is 250 g/mol. The van der Waals surface area contributed by atoms with Crippen LogP contribution >= 0.6 is 0 Å². The first-order chi connectivity index (χ1) is 8.88. The molecule has 0 amide bonds. The lowest BCUT2D eigenvalue weighted by Gasteiger charge is -2.08. The summed E-state index contributed by atoms with van der Waals surface area (Å²) in [5.74, 6) is 0.629.